The number of carbonyl (C=O) groups is 2. The van der Waals surface area contributed by atoms with Gasteiger partial charge in [-0.25, -0.2) is 4.79 Å². The highest BCUT2D eigenvalue weighted by Crippen LogP contribution is 2.20. The van der Waals surface area contributed by atoms with Gasteiger partial charge in [0.2, 0.25) is 5.91 Å². The number of carbonyl (C=O) groups excluding carboxylic acids is 2. The molecule has 3 amide bonds. The van der Waals surface area contributed by atoms with E-state index in [9.17, 15) is 9.59 Å². The number of hydrogen-bond acceptors (Lipinski definition) is 3. The average Bonchev–Trinajstić information content (AvgIpc) is 2.65. The number of anilines is 1. The van der Waals surface area contributed by atoms with E-state index in [0.717, 1.165) is 16.8 Å². The first-order valence-corrected chi connectivity index (χ1v) is 9.04. The predicted molar refractivity (Wildman–Crippen MR) is 109 cm³/mol. The molecule has 27 heavy (non-hydrogen) atoms. The highest BCUT2D eigenvalue weighted by Gasteiger charge is 2.19. The fourth-order valence-electron chi connectivity index (χ4n) is 2.96. The lowest BCUT2D eigenvalue weighted by Crippen LogP contribution is -2.42. The SMILES string of the molecule is Cc1ccccc1[C@@H](CC(=O)NC[C@H](C)N(C)c1ccccc1)NC(N)=O. The Labute approximate surface area is 160 Å². The summed E-state index contributed by atoms with van der Waals surface area (Å²) in [4.78, 5) is 25.9. The number of benzene rings is 2. The molecule has 0 saturated carbocycles. The van der Waals surface area contributed by atoms with E-state index in [4.69, 9.17) is 5.73 Å². The lowest BCUT2D eigenvalue weighted by Gasteiger charge is -2.27. The van der Waals surface area contributed by atoms with Crippen LogP contribution < -0.4 is 21.3 Å². The quantitative estimate of drug-likeness (QED) is 0.669. The smallest absolute Gasteiger partial charge is 0.312 e. The topological polar surface area (TPSA) is 87.5 Å². The van der Waals surface area contributed by atoms with Crippen LogP contribution in [0.2, 0.25) is 0 Å². The zero-order chi connectivity index (χ0) is 19.8. The van der Waals surface area contributed by atoms with E-state index < -0.39 is 12.1 Å². The van der Waals surface area contributed by atoms with Crippen molar-refractivity contribution < 1.29 is 9.59 Å². The van der Waals surface area contributed by atoms with Crippen molar-refractivity contribution in [1.82, 2.24) is 10.6 Å². The van der Waals surface area contributed by atoms with Gasteiger partial charge >= 0.3 is 6.03 Å². The van der Waals surface area contributed by atoms with Crippen molar-refractivity contribution in [3.8, 4) is 0 Å². The largest absolute Gasteiger partial charge is 0.370 e. The van der Waals surface area contributed by atoms with Crippen LogP contribution in [0.3, 0.4) is 0 Å². The molecule has 0 radical (unpaired) electrons. The Morgan fingerprint density at radius 1 is 1.07 bits per heavy atom. The van der Waals surface area contributed by atoms with Gasteiger partial charge in [-0.3, -0.25) is 4.79 Å². The Morgan fingerprint density at radius 2 is 1.70 bits per heavy atom. The van der Waals surface area contributed by atoms with Crippen molar-refractivity contribution in [2.75, 3.05) is 18.5 Å². The van der Waals surface area contributed by atoms with Crippen LogP contribution in [0.1, 0.15) is 30.5 Å². The Morgan fingerprint density at radius 3 is 2.33 bits per heavy atom. The van der Waals surface area contributed by atoms with Crippen LogP contribution in [0.4, 0.5) is 10.5 Å². The average molecular weight is 368 g/mol. The minimum atomic E-state index is -0.645. The molecular formula is C21H28N4O2. The summed E-state index contributed by atoms with van der Waals surface area (Å²) < 4.78 is 0. The van der Waals surface area contributed by atoms with Gasteiger partial charge in [-0.15, -0.1) is 0 Å². The number of hydrogen-bond donors (Lipinski definition) is 3. The second kappa shape index (κ2) is 9.62. The van der Waals surface area contributed by atoms with Gasteiger partial charge in [0.25, 0.3) is 0 Å². The molecule has 2 aromatic rings. The van der Waals surface area contributed by atoms with E-state index in [0.29, 0.717) is 6.54 Å². The van der Waals surface area contributed by atoms with Crippen LogP contribution in [0, 0.1) is 6.92 Å². The van der Waals surface area contributed by atoms with Crippen LogP contribution in [0.5, 0.6) is 0 Å². The number of nitrogens with two attached hydrogens (primary N) is 1. The molecule has 0 bridgehead atoms. The highest BCUT2D eigenvalue weighted by molar-refractivity contribution is 5.79. The molecule has 0 fully saturated rings. The van der Waals surface area contributed by atoms with Crippen LogP contribution in [0.25, 0.3) is 0 Å². The predicted octanol–water partition coefficient (Wildman–Crippen LogP) is 2.74. The third-order valence-corrected chi connectivity index (χ3v) is 4.69. The normalized spacial score (nSPS) is 12.7. The summed E-state index contributed by atoms with van der Waals surface area (Å²) >= 11 is 0. The number of para-hydroxylation sites is 1. The molecule has 0 heterocycles. The third kappa shape index (κ3) is 6.02. The van der Waals surface area contributed by atoms with Gasteiger partial charge < -0.3 is 21.3 Å². The first-order chi connectivity index (χ1) is 12.9. The Bertz CT molecular complexity index is 764. The molecule has 2 atom stereocenters. The number of rotatable bonds is 8. The molecule has 2 rings (SSSR count). The molecule has 0 aliphatic heterocycles. The molecule has 6 heteroatoms. The number of likely N-dealkylation sites (N-methyl/N-ethyl adjacent to an activating group) is 1. The summed E-state index contributed by atoms with van der Waals surface area (Å²) in [7, 11) is 2.00. The summed E-state index contributed by atoms with van der Waals surface area (Å²) in [6, 6.07) is 16.7. The number of nitrogens with zero attached hydrogens (tertiary/aromatic N) is 1. The molecule has 0 spiro atoms. The Hall–Kier alpha value is -3.02. The van der Waals surface area contributed by atoms with Gasteiger partial charge in [0.1, 0.15) is 0 Å². The van der Waals surface area contributed by atoms with Crippen molar-refractivity contribution >= 4 is 17.6 Å². The lowest BCUT2D eigenvalue weighted by atomic mass is 9.98. The second-order valence-corrected chi connectivity index (χ2v) is 6.72. The molecule has 6 nitrogen and oxygen atoms in total. The van der Waals surface area contributed by atoms with Crippen molar-refractivity contribution in [3.63, 3.8) is 0 Å². The molecule has 4 N–H and O–H groups in total. The summed E-state index contributed by atoms with van der Waals surface area (Å²) in [6.07, 6.45) is 0.134. The van der Waals surface area contributed by atoms with Gasteiger partial charge in [0.15, 0.2) is 0 Å². The van der Waals surface area contributed by atoms with E-state index in [1.165, 1.54) is 0 Å². The zero-order valence-corrected chi connectivity index (χ0v) is 16.1. The number of aryl methyl sites for hydroxylation is 1. The maximum absolute atomic E-state index is 12.5. The summed E-state index contributed by atoms with van der Waals surface area (Å²) in [6.45, 7) is 4.49. The molecule has 0 unspecified atom stereocenters. The van der Waals surface area contributed by atoms with Crippen molar-refractivity contribution in [2.45, 2.75) is 32.4 Å². The number of nitrogens with one attached hydrogen (secondary N) is 2. The zero-order valence-electron chi connectivity index (χ0n) is 16.1. The fourth-order valence-corrected chi connectivity index (χ4v) is 2.96. The molecule has 0 aliphatic rings. The van der Waals surface area contributed by atoms with Crippen LogP contribution in [-0.4, -0.2) is 31.6 Å². The maximum Gasteiger partial charge on any atom is 0.312 e. The molecule has 2 aromatic carbocycles. The highest BCUT2D eigenvalue weighted by atomic mass is 16.2. The van der Waals surface area contributed by atoms with Crippen molar-refractivity contribution in [2.24, 2.45) is 5.73 Å². The minimum absolute atomic E-state index is 0.123. The van der Waals surface area contributed by atoms with Gasteiger partial charge in [-0.05, 0) is 37.1 Å². The van der Waals surface area contributed by atoms with Crippen LogP contribution >= 0.6 is 0 Å². The molecule has 0 aromatic heterocycles. The molecule has 0 aliphatic carbocycles. The Balaban J connectivity index is 1.95. The molecule has 144 valence electrons. The van der Waals surface area contributed by atoms with Crippen molar-refractivity contribution in [3.05, 3.63) is 65.7 Å². The number of urea groups is 1. The second-order valence-electron chi connectivity index (χ2n) is 6.72. The molecular weight excluding hydrogens is 340 g/mol. The van der Waals surface area contributed by atoms with E-state index in [1.807, 2.05) is 75.5 Å². The first-order valence-electron chi connectivity index (χ1n) is 9.04. The van der Waals surface area contributed by atoms with Crippen LogP contribution in [0.15, 0.2) is 54.6 Å². The van der Waals surface area contributed by atoms with E-state index in [-0.39, 0.29) is 18.4 Å². The fraction of sp³-hybridized carbons (Fsp3) is 0.333. The monoisotopic (exact) mass is 368 g/mol. The maximum atomic E-state index is 12.5. The van der Waals surface area contributed by atoms with Gasteiger partial charge in [-0.2, -0.15) is 0 Å². The third-order valence-electron chi connectivity index (χ3n) is 4.69. The van der Waals surface area contributed by atoms with Gasteiger partial charge in [0.05, 0.1) is 12.5 Å². The Kier molecular flexibility index (Phi) is 7.23. The first kappa shape index (κ1) is 20.3. The summed E-state index contributed by atoms with van der Waals surface area (Å²) in [5, 5.41) is 5.63. The van der Waals surface area contributed by atoms with E-state index in [2.05, 4.69) is 15.5 Å². The van der Waals surface area contributed by atoms with E-state index >= 15 is 0 Å². The summed E-state index contributed by atoms with van der Waals surface area (Å²) in [5.41, 5.74) is 8.28. The van der Waals surface area contributed by atoms with Crippen LogP contribution in [-0.2, 0) is 4.79 Å². The number of primary amides is 1. The number of amides is 3. The summed E-state index contributed by atoms with van der Waals surface area (Å²) in [5.74, 6) is -0.134. The lowest BCUT2D eigenvalue weighted by molar-refractivity contribution is -0.121. The van der Waals surface area contributed by atoms with E-state index in [1.54, 1.807) is 0 Å². The van der Waals surface area contributed by atoms with Crippen molar-refractivity contribution in [1.29, 1.82) is 0 Å². The molecule has 0 saturated heterocycles. The minimum Gasteiger partial charge on any atom is -0.370 e. The van der Waals surface area contributed by atoms with Gasteiger partial charge in [0, 0.05) is 25.3 Å². The van der Waals surface area contributed by atoms with Gasteiger partial charge in [-0.1, -0.05) is 42.5 Å². The standard InChI is InChI=1S/C21H28N4O2/c1-15-9-7-8-12-18(15)19(24-21(22)27)13-20(26)23-14-16(2)25(3)17-10-5-4-6-11-17/h4-12,16,19H,13-14H2,1-3H3,(H,23,26)(H3,22,24,27)/t16-,19+/m0/s1.